The highest BCUT2D eigenvalue weighted by atomic mass is 35.5. The third kappa shape index (κ3) is 2.65. The monoisotopic (exact) mass is 265 g/mol. The molecule has 18 heavy (non-hydrogen) atoms. The Labute approximate surface area is 108 Å². The zero-order chi connectivity index (χ0) is 13.1. The number of hydrogen-bond acceptors (Lipinski definition) is 2. The van der Waals surface area contributed by atoms with E-state index in [9.17, 15) is 9.18 Å². The summed E-state index contributed by atoms with van der Waals surface area (Å²) in [5, 5.41) is 9.00. The lowest BCUT2D eigenvalue weighted by Gasteiger charge is -2.07. The maximum absolute atomic E-state index is 13.1. The lowest BCUT2D eigenvalue weighted by atomic mass is 10.1. The van der Waals surface area contributed by atoms with Crippen molar-refractivity contribution in [2.45, 2.75) is 6.42 Å². The molecule has 3 nitrogen and oxygen atoms in total. The zero-order valence-electron chi connectivity index (χ0n) is 9.23. The Balaban J connectivity index is 2.49. The summed E-state index contributed by atoms with van der Waals surface area (Å²) in [5.74, 6) is -1.37. The molecule has 0 aliphatic heterocycles. The SMILES string of the molecule is O=C(O)Cc1ccnc(-c2cccc(F)c2)c1Cl. The van der Waals surface area contributed by atoms with Gasteiger partial charge >= 0.3 is 5.97 Å². The van der Waals surface area contributed by atoms with E-state index in [1.54, 1.807) is 18.2 Å². The summed E-state index contributed by atoms with van der Waals surface area (Å²) >= 11 is 6.09. The number of aliphatic carboxylic acids is 1. The molecule has 0 aliphatic carbocycles. The van der Waals surface area contributed by atoms with Crippen molar-refractivity contribution in [3.05, 3.63) is 52.9 Å². The smallest absolute Gasteiger partial charge is 0.307 e. The normalized spacial score (nSPS) is 10.3. The molecule has 0 atom stereocenters. The summed E-state index contributed by atoms with van der Waals surface area (Å²) < 4.78 is 13.1. The number of aromatic nitrogens is 1. The highest BCUT2D eigenvalue weighted by molar-refractivity contribution is 6.34. The first kappa shape index (κ1) is 12.5. The molecule has 0 amide bonds. The minimum absolute atomic E-state index is 0.191. The molecule has 1 N–H and O–H groups in total. The molecule has 0 aliphatic rings. The van der Waals surface area contributed by atoms with Gasteiger partial charge in [0.1, 0.15) is 5.82 Å². The van der Waals surface area contributed by atoms with E-state index in [1.807, 2.05) is 0 Å². The molecule has 0 bridgehead atoms. The molecule has 0 saturated carbocycles. The first-order valence-corrected chi connectivity index (χ1v) is 5.57. The molecule has 0 saturated heterocycles. The van der Waals surface area contributed by atoms with E-state index < -0.39 is 11.8 Å². The van der Waals surface area contributed by atoms with Crippen LogP contribution in [0.25, 0.3) is 11.3 Å². The van der Waals surface area contributed by atoms with Gasteiger partial charge < -0.3 is 5.11 Å². The van der Waals surface area contributed by atoms with Crippen molar-refractivity contribution in [3.8, 4) is 11.3 Å². The first-order chi connectivity index (χ1) is 8.58. The van der Waals surface area contributed by atoms with Gasteiger partial charge in [0.2, 0.25) is 0 Å². The molecule has 2 aromatic rings. The van der Waals surface area contributed by atoms with Gasteiger partial charge in [-0.2, -0.15) is 0 Å². The van der Waals surface area contributed by atoms with Gasteiger partial charge in [-0.3, -0.25) is 9.78 Å². The van der Waals surface area contributed by atoms with E-state index in [2.05, 4.69) is 4.98 Å². The topological polar surface area (TPSA) is 50.2 Å². The highest BCUT2D eigenvalue weighted by Gasteiger charge is 2.12. The molecular weight excluding hydrogens is 257 g/mol. The van der Waals surface area contributed by atoms with E-state index in [0.717, 1.165) is 0 Å². The van der Waals surface area contributed by atoms with Crippen LogP contribution in [0.5, 0.6) is 0 Å². The largest absolute Gasteiger partial charge is 0.481 e. The van der Waals surface area contributed by atoms with Crippen LogP contribution in [0.2, 0.25) is 5.02 Å². The van der Waals surface area contributed by atoms with Crippen LogP contribution in [0.15, 0.2) is 36.5 Å². The molecule has 1 aromatic carbocycles. The summed E-state index contributed by atoms with van der Waals surface area (Å²) in [7, 11) is 0. The predicted molar refractivity (Wildman–Crippen MR) is 66.0 cm³/mol. The standard InChI is InChI=1S/C13H9ClFNO2/c14-12-8(7-11(17)18)4-5-16-13(12)9-2-1-3-10(15)6-9/h1-6H,7H2,(H,17,18). The fourth-order valence-corrected chi connectivity index (χ4v) is 1.91. The lowest BCUT2D eigenvalue weighted by molar-refractivity contribution is -0.136. The molecule has 92 valence electrons. The van der Waals surface area contributed by atoms with Crippen LogP contribution in [0, 0.1) is 5.82 Å². The molecule has 0 radical (unpaired) electrons. The number of rotatable bonds is 3. The van der Waals surface area contributed by atoms with E-state index in [4.69, 9.17) is 16.7 Å². The Hall–Kier alpha value is -1.94. The summed E-state index contributed by atoms with van der Waals surface area (Å²) in [4.78, 5) is 14.7. The minimum atomic E-state index is -0.978. The van der Waals surface area contributed by atoms with Crippen LogP contribution in [-0.2, 0) is 11.2 Å². The lowest BCUT2D eigenvalue weighted by Crippen LogP contribution is -2.02. The summed E-state index contributed by atoms with van der Waals surface area (Å²) in [6.45, 7) is 0. The molecule has 0 spiro atoms. The Morgan fingerprint density at radius 2 is 2.17 bits per heavy atom. The van der Waals surface area contributed by atoms with Crippen LogP contribution in [0.4, 0.5) is 4.39 Å². The van der Waals surface area contributed by atoms with Gasteiger partial charge in [-0.15, -0.1) is 0 Å². The van der Waals surface area contributed by atoms with Crippen molar-refractivity contribution < 1.29 is 14.3 Å². The Bertz CT molecular complexity index is 601. The van der Waals surface area contributed by atoms with Crippen molar-refractivity contribution in [2.75, 3.05) is 0 Å². The van der Waals surface area contributed by atoms with E-state index in [1.165, 1.54) is 18.3 Å². The van der Waals surface area contributed by atoms with Crippen LogP contribution in [0.3, 0.4) is 0 Å². The predicted octanol–water partition coefficient (Wildman–Crippen LogP) is 3.17. The number of carboxylic acids is 1. The number of nitrogens with zero attached hydrogens (tertiary/aromatic N) is 1. The van der Waals surface area contributed by atoms with Crippen LogP contribution in [0.1, 0.15) is 5.56 Å². The zero-order valence-corrected chi connectivity index (χ0v) is 9.99. The number of carbonyl (C=O) groups is 1. The maximum Gasteiger partial charge on any atom is 0.307 e. The van der Waals surface area contributed by atoms with Crippen LogP contribution in [-0.4, -0.2) is 16.1 Å². The quantitative estimate of drug-likeness (QED) is 0.927. The summed E-state index contributed by atoms with van der Waals surface area (Å²) in [5.41, 5.74) is 1.36. The number of carboxylic acid groups (broad SMARTS) is 1. The highest BCUT2D eigenvalue weighted by Crippen LogP contribution is 2.29. The molecular formula is C13H9ClFNO2. The van der Waals surface area contributed by atoms with E-state index in [0.29, 0.717) is 16.8 Å². The average molecular weight is 266 g/mol. The first-order valence-electron chi connectivity index (χ1n) is 5.19. The van der Waals surface area contributed by atoms with Gasteiger partial charge in [-0.05, 0) is 23.8 Å². The van der Waals surface area contributed by atoms with Gasteiger partial charge in [0.25, 0.3) is 0 Å². The summed E-state index contributed by atoms with van der Waals surface area (Å²) in [6.07, 6.45) is 1.27. The third-order valence-corrected chi connectivity index (χ3v) is 2.83. The number of hydrogen-bond donors (Lipinski definition) is 1. The van der Waals surface area contributed by atoms with Gasteiger partial charge in [-0.1, -0.05) is 23.7 Å². The van der Waals surface area contributed by atoms with Crippen molar-refractivity contribution in [3.63, 3.8) is 0 Å². The van der Waals surface area contributed by atoms with Crippen molar-refractivity contribution >= 4 is 17.6 Å². The minimum Gasteiger partial charge on any atom is -0.481 e. The van der Waals surface area contributed by atoms with Crippen molar-refractivity contribution in [1.82, 2.24) is 4.98 Å². The number of halogens is 2. The second kappa shape index (κ2) is 5.14. The van der Waals surface area contributed by atoms with Crippen LogP contribution >= 0.6 is 11.6 Å². The Kier molecular flexibility index (Phi) is 3.58. The molecule has 2 rings (SSSR count). The molecule has 1 heterocycles. The summed E-state index contributed by atoms with van der Waals surface area (Å²) in [6, 6.07) is 7.38. The number of pyridine rings is 1. The molecule has 0 unspecified atom stereocenters. The maximum atomic E-state index is 13.1. The number of benzene rings is 1. The van der Waals surface area contributed by atoms with Crippen LogP contribution < -0.4 is 0 Å². The second-order valence-corrected chi connectivity index (χ2v) is 4.09. The molecule has 0 fully saturated rings. The van der Waals surface area contributed by atoms with E-state index >= 15 is 0 Å². The fraction of sp³-hybridized carbons (Fsp3) is 0.0769. The molecule has 5 heteroatoms. The Morgan fingerprint density at radius 3 is 2.83 bits per heavy atom. The third-order valence-electron chi connectivity index (χ3n) is 2.41. The Morgan fingerprint density at radius 1 is 1.39 bits per heavy atom. The van der Waals surface area contributed by atoms with Crippen molar-refractivity contribution in [1.29, 1.82) is 0 Å². The molecule has 1 aromatic heterocycles. The van der Waals surface area contributed by atoms with Gasteiger partial charge in [0, 0.05) is 11.8 Å². The average Bonchev–Trinajstić information content (AvgIpc) is 2.31. The van der Waals surface area contributed by atoms with Gasteiger partial charge in [0.05, 0.1) is 17.1 Å². The van der Waals surface area contributed by atoms with Gasteiger partial charge in [0.15, 0.2) is 0 Å². The van der Waals surface area contributed by atoms with E-state index in [-0.39, 0.29) is 11.4 Å². The van der Waals surface area contributed by atoms with Gasteiger partial charge in [-0.25, -0.2) is 4.39 Å². The van der Waals surface area contributed by atoms with Crippen molar-refractivity contribution in [2.24, 2.45) is 0 Å². The fourth-order valence-electron chi connectivity index (χ4n) is 1.62. The second-order valence-electron chi connectivity index (χ2n) is 3.71.